The fraction of sp³-hybridized carbons (Fsp3) is 0.136. The molecule has 2 aliphatic rings. The molecule has 2 heteroatoms. The van der Waals surface area contributed by atoms with Gasteiger partial charge in [-0.15, -0.1) is 0 Å². The van der Waals surface area contributed by atoms with Gasteiger partial charge < -0.3 is 0 Å². The summed E-state index contributed by atoms with van der Waals surface area (Å²) >= 11 is 0. The van der Waals surface area contributed by atoms with E-state index in [0.29, 0.717) is 0 Å². The summed E-state index contributed by atoms with van der Waals surface area (Å²) < 4.78 is 0. The van der Waals surface area contributed by atoms with Crippen molar-refractivity contribution in [3.05, 3.63) is 190 Å². The number of benzene rings is 5. The second-order valence-electron chi connectivity index (χ2n) is 12.2. The van der Waals surface area contributed by atoms with E-state index in [0.717, 1.165) is 12.0 Å². The van der Waals surface area contributed by atoms with Crippen LogP contribution in [0.2, 0.25) is 13.1 Å². The van der Waals surface area contributed by atoms with Crippen LogP contribution in [-0.4, -0.2) is 8.80 Å². The molecule has 5 aromatic rings. The molecule has 0 fully saturated rings. The van der Waals surface area contributed by atoms with Gasteiger partial charge in [0.05, 0.1) is 0 Å². The number of hydrogen-bond donors (Lipinski definition) is 0. The summed E-state index contributed by atoms with van der Waals surface area (Å²) in [6, 6.07) is 46.6. The Morgan fingerprint density at radius 3 is 1.72 bits per heavy atom. The molecule has 7 rings (SSSR count). The van der Waals surface area contributed by atoms with E-state index in [1.807, 2.05) is 36.4 Å². The van der Waals surface area contributed by atoms with E-state index < -0.39 is 8.80 Å². The summed E-state index contributed by atoms with van der Waals surface area (Å²) in [6.45, 7) is 9.35. The molecule has 0 radical (unpaired) electrons. The van der Waals surface area contributed by atoms with E-state index in [4.69, 9.17) is 0 Å². The first kappa shape index (κ1) is 35.0. The van der Waals surface area contributed by atoms with Crippen LogP contribution in [0.3, 0.4) is 0 Å². The molecule has 0 saturated carbocycles. The zero-order valence-electron chi connectivity index (χ0n) is 27.5. The van der Waals surface area contributed by atoms with Gasteiger partial charge >= 0.3 is 0 Å². The van der Waals surface area contributed by atoms with E-state index >= 15 is 0 Å². The van der Waals surface area contributed by atoms with Crippen molar-refractivity contribution in [3.63, 3.8) is 0 Å². The molecule has 0 nitrogen and oxygen atoms in total. The first-order valence-electron chi connectivity index (χ1n) is 16.1. The Hall–Kier alpha value is -3.84. The van der Waals surface area contributed by atoms with Crippen molar-refractivity contribution in [2.24, 2.45) is 0 Å². The van der Waals surface area contributed by atoms with Crippen LogP contribution in [0.15, 0.2) is 157 Å². The van der Waals surface area contributed by atoms with Crippen LogP contribution in [0.25, 0.3) is 35.4 Å². The third-order valence-corrected chi connectivity index (χ3v) is 10.5. The summed E-state index contributed by atoms with van der Waals surface area (Å²) in [4.78, 5) is 0. The summed E-state index contributed by atoms with van der Waals surface area (Å²) in [6.07, 6.45) is 14.1. The Bertz CT molecular complexity index is 1750. The van der Waals surface area contributed by atoms with Crippen molar-refractivity contribution in [2.75, 3.05) is 0 Å². The second kappa shape index (κ2) is 17.7. The van der Waals surface area contributed by atoms with Crippen molar-refractivity contribution >= 4 is 33.1 Å². The number of allylic oxidation sites excluding steroid dienone is 4. The molecule has 0 aromatic heterocycles. The number of fused-ring (bicyclic) bond motifs is 2. The average Bonchev–Trinajstić information content (AvgIpc) is 3.63. The summed E-state index contributed by atoms with van der Waals surface area (Å²) in [5.74, 6) is 0. The fourth-order valence-corrected chi connectivity index (χ4v) is 8.43. The Kier molecular flexibility index (Phi) is 13.5. The maximum atomic E-state index is 2.43. The second-order valence-corrected chi connectivity index (χ2v) is 15.3. The van der Waals surface area contributed by atoms with Gasteiger partial charge in [-0.2, -0.15) is 0 Å². The monoisotopic (exact) mass is 690 g/mol. The molecular weight excluding hydrogens is 648 g/mol. The molecular formula is C44H44SiZr. The Balaban J connectivity index is 0.000000156. The van der Waals surface area contributed by atoms with Gasteiger partial charge in [0.25, 0.3) is 0 Å². The smallest absolute Gasteiger partial charge is 0.0439 e. The zero-order chi connectivity index (χ0) is 31.4. The van der Waals surface area contributed by atoms with Crippen LogP contribution in [0.4, 0.5) is 0 Å². The van der Waals surface area contributed by atoms with Crippen molar-refractivity contribution in [1.82, 2.24) is 0 Å². The van der Waals surface area contributed by atoms with Crippen LogP contribution < -0.4 is 0 Å². The molecule has 0 saturated heterocycles. The van der Waals surface area contributed by atoms with Crippen LogP contribution in [0, 0.1) is 0 Å². The van der Waals surface area contributed by atoms with E-state index in [-0.39, 0.29) is 26.2 Å². The topological polar surface area (TPSA) is 0 Å². The normalized spacial score (nSPS) is 14.3. The minimum Gasteiger partial charge on any atom is -0.0714 e. The molecule has 2 aliphatic carbocycles. The van der Waals surface area contributed by atoms with Crippen molar-refractivity contribution in [1.29, 1.82) is 0 Å². The van der Waals surface area contributed by atoms with Gasteiger partial charge in [0, 0.05) is 35.0 Å². The van der Waals surface area contributed by atoms with Gasteiger partial charge in [-0.1, -0.05) is 194 Å². The van der Waals surface area contributed by atoms with Gasteiger partial charge in [0.1, 0.15) is 0 Å². The first-order chi connectivity index (χ1) is 22.0. The molecule has 0 bridgehead atoms. The Labute approximate surface area is 297 Å². The van der Waals surface area contributed by atoms with E-state index in [9.17, 15) is 0 Å². The Morgan fingerprint density at radius 2 is 1.13 bits per heavy atom. The SMILES string of the molecule is C(C=Cc1ccccc1)=Cc1ccccc1.CC1=Cc2c(cccc2-c2ccccc2)C1.CC1=Cc2ccccc2C1[SiH](C)C.[Zr]. The van der Waals surface area contributed by atoms with Crippen LogP contribution in [0.1, 0.15) is 52.8 Å². The molecule has 1 unspecified atom stereocenters. The van der Waals surface area contributed by atoms with Gasteiger partial charge in [0.15, 0.2) is 0 Å². The molecule has 1 atom stereocenters. The van der Waals surface area contributed by atoms with Crippen LogP contribution >= 0.6 is 0 Å². The predicted molar refractivity (Wildman–Crippen MR) is 202 cm³/mol. The van der Waals surface area contributed by atoms with Gasteiger partial charge in [-0.25, -0.2) is 0 Å². The third kappa shape index (κ3) is 9.58. The maximum Gasteiger partial charge on any atom is 0.0439 e. The molecule has 0 N–H and O–H groups in total. The van der Waals surface area contributed by atoms with Gasteiger partial charge in [0.2, 0.25) is 0 Å². The molecule has 46 heavy (non-hydrogen) atoms. The molecule has 0 aliphatic heterocycles. The standard InChI is InChI=1S/2C16H14.C12H16Si.Zr/c1-12-10-14-8-5-9-15(16(14)11-12)13-6-3-2-4-7-13;1-3-9-15(10-4-1)13-7-8-14-16-11-5-2-6-12-16;1-9-8-10-6-4-5-7-11(10)12(9)13(2)3;/h2-9,11H,10H2,1H3;1-14H;4-8,12-13H,1-3H3;. The third-order valence-electron chi connectivity index (χ3n) is 8.30. The van der Waals surface area contributed by atoms with Crippen LogP contribution in [-0.2, 0) is 32.6 Å². The minimum atomic E-state index is -0.586. The molecule has 228 valence electrons. The number of hydrogen-bond acceptors (Lipinski definition) is 0. The molecule has 5 aromatic carbocycles. The fourth-order valence-electron chi connectivity index (χ4n) is 6.26. The van der Waals surface area contributed by atoms with Crippen molar-refractivity contribution in [3.8, 4) is 11.1 Å². The quantitative estimate of drug-likeness (QED) is 0.127. The van der Waals surface area contributed by atoms with Crippen LogP contribution in [0.5, 0.6) is 0 Å². The largest absolute Gasteiger partial charge is 0.0714 e. The van der Waals surface area contributed by atoms with E-state index in [1.54, 1.807) is 11.1 Å². The summed E-state index contributed by atoms with van der Waals surface area (Å²) in [5, 5.41) is 0. The summed E-state index contributed by atoms with van der Waals surface area (Å²) in [7, 11) is -0.586. The summed E-state index contributed by atoms with van der Waals surface area (Å²) in [5.41, 5.74) is 14.8. The van der Waals surface area contributed by atoms with Gasteiger partial charge in [-0.3, -0.25) is 0 Å². The van der Waals surface area contributed by atoms with Crippen molar-refractivity contribution < 1.29 is 26.2 Å². The molecule has 0 spiro atoms. The van der Waals surface area contributed by atoms with Gasteiger partial charge in [-0.05, 0) is 70.3 Å². The minimum absolute atomic E-state index is 0. The Morgan fingerprint density at radius 1 is 0.587 bits per heavy atom. The predicted octanol–water partition coefficient (Wildman–Crippen LogP) is 11.9. The first-order valence-corrected chi connectivity index (χ1v) is 19.0. The molecule has 0 amide bonds. The maximum absolute atomic E-state index is 2.43. The van der Waals surface area contributed by atoms with E-state index in [2.05, 4.69) is 160 Å². The van der Waals surface area contributed by atoms with Crippen molar-refractivity contribution in [2.45, 2.75) is 38.9 Å². The average molecular weight is 692 g/mol. The number of rotatable bonds is 5. The molecule has 0 heterocycles. The van der Waals surface area contributed by atoms with E-state index in [1.165, 1.54) is 44.5 Å². The zero-order valence-corrected chi connectivity index (χ0v) is 31.1.